The Morgan fingerprint density at radius 3 is 2.23 bits per heavy atom. The molecule has 0 bridgehead atoms. The molecule has 0 unspecified atom stereocenters. The molecule has 72 valence electrons. The van der Waals surface area contributed by atoms with E-state index in [1.165, 1.54) is 4.90 Å². The van der Waals surface area contributed by atoms with Crippen molar-refractivity contribution < 1.29 is 5.11 Å². The summed E-state index contributed by atoms with van der Waals surface area (Å²) < 4.78 is 0. The Bertz CT molecular complexity index is 258. The topological polar surface area (TPSA) is 46.2 Å². The van der Waals surface area contributed by atoms with Crippen LogP contribution in [-0.2, 0) is 0 Å². The van der Waals surface area contributed by atoms with Crippen molar-refractivity contribution in [2.75, 3.05) is 6.26 Å². The lowest BCUT2D eigenvalue weighted by molar-refractivity contribution is 0.153. The van der Waals surface area contributed by atoms with Gasteiger partial charge in [-0.15, -0.1) is 11.8 Å². The van der Waals surface area contributed by atoms with Gasteiger partial charge in [-0.05, 0) is 30.9 Å². The summed E-state index contributed by atoms with van der Waals surface area (Å²) in [4.78, 5) is 1.20. The number of rotatable bonds is 3. The van der Waals surface area contributed by atoms with E-state index >= 15 is 0 Å². The fraction of sp³-hybridized carbons (Fsp3) is 0.400. The van der Waals surface area contributed by atoms with E-state index in [1.54, 1.807) is 18.7 Å². The van der Waals surface area contributed by atoms with Crippen LogP contribution in [0.3, 0.4) is 0 Å². The van der Waals surface area contributed by atoms with E-state index in [2.05, 4.69) is 0 Å². The van der Waals surface area contributed by atoms with Gasteiger partial charge in [0, 0.05) is 10.9 Å². The predicted octanol–water partition coefficient (Wildman–Crippen LogP) is 1.79. The summed E-state index contributed by atoms with van der Waals surface area (Å²) in [5.74, 6) is 0. The Balaban J connectivity index is 2.79. The van der Waals surface area contributed by atoms with Crippen LogP contribution >= 0.6 is 11.8 Å². The van der Waals surface area contributed by atoms with E-state index < -0.39 is 6.10 Å². The van der Waals surface area contributed by atoms with Crippen LogP contribution in [0.25, 0.3) is 0 Å². The Hall–Kier alpha value is -0.510. The Labute approximate surface area is 83.1 Å². The summed E-state index contributed by atoms with van der Waals surface area (Å²) >= 11 is 1.68. The lowest BCUT2D eigenvalue weighted by Gasteiger charge is -2.14. The summed E-state index contributed by atoms with van der Waals surface area (Å²) in [6.45, 7) is 1.80. The molecule has 0 aliphatic rings. The minimum atomic E-state index is -0.559. The van der Waals surface area contributed by atoms with E-state index in [9.17, 15) is 5.11 Å². The maximum Gasteiger partial charge on any atom is 0.0938 e. The van der Waals surface area contributed by atoms with Gasteiger partial charge in [-0.3, -0.25) is 0 Å². The molecule has 0 aliphatic heterocycles. The molecule has 0 aromatic heterocycles. The molecule has 2 atom stereocenters. The van der Waals surface area contributed by atoms with E-state index in [4.69, 9.17) is 5.73 Å². The average molecular weight is 197 g/mol. The highest BCUT2D eigenvalue weighted by Gasteiger charge is 2.11. The first-order chi connectivity index (χ1) is 6.15. The SMILES string of the molecule is CSc1ccc([C@H](O)[C@H](C)N)cc1. The first-order valence-corrected chi connectivity index (χ1v) is 5.45. The summed E-state index contributed by atoms with van der Waals surface area (Å²) in [5.41, 5.74) is 6.47. The van der Waals surface area contributed by atoms with E-state index in [1.807, 2.05) is 30.5 Å². The minimum absolute atomic E-state index is 0.222. The van der Waals surface area contributed by atoms with Crippen molar-refractivity contribution >= 4 is 11.8 Å². The summed E-state index contributed by atoms with van der Waals surface area (Å²) in [7, 11) is 0. The third-order valence-electron chi connectivity index (χ3n) is 1.96. The number of hydrogen-bond donors (Lipinski definition) is 2. The van der Waals surface area contributed by atoms with Crippen molar-refractivity contribution in [2.24, 2.45) is 5.73 Å². The molecule has 0 saturated carbocycles. The molecule has 3 N–H and O–H groups in total. The summed E-state index contributed by atoms with van der Waals surface area (Å²) in [6, 6.07) is 7.59. The third kappa shape index (κ3) is 2.72. The normalized spacial score (nSPS) is 15.4. The number of benzene rings is 1. The monoisotopic (exact) mass is 197 g/mol. The van der Waals surface area contributed by atoms with Gasteiger partial charge in [0.2, 0.25) is 0 Å². The van der Waals surface area contributed by atoms with E-state index in [0.717, 1.165) is 5.56 Å². The van der Waals surface area contributed by atoms with E-state index in [-0.39, 0.29) is 6.04 Å². The standard InChI is InChI=1S/C10H15NOS/c1-7(11)10(12)8-3-5-9(13-2)6-4-8/h3-7,10,12H,11H2,1-2H3/t7-,10+/m0/s1. The quantitative estimate of drug-likeness (QED) is 0.726. The van der Waals surface area contributed by atoms with E-state index in [0.29, 0.717) is 0 Å². The highest BCUT2D eigenvalue weighted by molar-refractivity contribution is 7.98. The largest absolute Gasteiger partial charge is 0.387 e. The Morgan fingerprint density at radius 1 is 1.31 bits per heavy atom. The fourth-order valence-corrected chi connectivity index (χ4v) is 1.51. The van der Waals surface area contributed by atoms with Gasteiger partial charge in [-0.2, -0.15) is 0 Å². The molecule has 13 heavy (non-hydrogen) atoms. The average Bonchev–Trinajstić information content (AvgIpc) is 2.17. The zero-order chi connectivity index (χ0) is 9.84. The molecule has 0 amide bonds. The predicted molar refractivity (Wildman–Crippen MR) is 56.8 cm³/mol. The van der Waals surface area contributed by atoms with Crippen LogP contribution in [-0.4, -0.2) is 17.4 Å². The summed E-state index contributed by atoms with van der Waals surface area (Å²) in [5, 5.41) is 9.63. The molecule has 1 aromatic carbocycles. The van der Waals surface area contributed by atoms with Gasteiger partial charge in [-0.1, -0.05) is 12.1 Å². The van der Waals surface area contributed by atoms with Crippen LogP contribution in [0.4, 0.5) is 0 Å². The van der Waals surface area contributed by atoms with Crippen LogP contribution in [0, 0.1) is 0 Å². The minimum Gasteiger partial charge on any atom is -0.387 e. The molecule has 2 nitrogen and oxygen atoms in total. The molecular formula is C10H15NOS. The number of aliphatic hydroxyl groups is 1. The van der Waals surface area contributed by atoms with Crippen molar-refractivity contribution in [3.63, 3.8) is 0 Å². The highest BCUT2D eigenvalue weighted by atomic mass is 32.2. The lowest BCUT2D eigenvalue weighted by atomic mass is 10.0. The zero-order valence-corrected chi connectivity index (χ0v) is 8.71. The van der Waals surface area contributed by atoms with Crippen molar-refractivity contribution in [1.82, 2.24) is 0 Å². The van der Waals surface area contributed by atoms with Crippen LogP contribution in [0.5, 0.6) is 0 Å². The molecule has 3 heteroatoms. The molecule has 1 rings (SSSR count). The molecule has 0 heterocycles. The highest BCUT2D eigenvalue weighted by Crippen LogP contribution is 2.20. The summed E-state index contributed by atoms with van der Waals surface area (Å²) in [6.07, 6.45) is 1.47. The Morgan fingerprint density at radius 2 is 1.85 bits per heavy atom. The first kappa shape index (κ1) is 10.6. The Kier molecular flexibility index (Phi) is 3.78. The lowest BCUT2D eigenvalue weighted by Crippen LogP contribution is -2.24. The van der Waals surface area contributed by atoms with Crippen molar-refractivity contribution in [3.05, 3.63) is 29.8 Å². The van der Waals surface area contributed by atoms with Crippen molar-refractivity contribution in [1.29, 1.82) is 0 Å². The number of nitrogens with two attached hydrogens (primary N) is 1. The van der Waals surface area contributed by atoms with Crippen LogP contribution in [0.2, 0.25) is 0 Å². The third-order valence-corrected chi connectivity index (χ3v) is 2.70. The number of aliphatic hydroxyl groups excluding tert-OH is 1. The molecular weight excluding hydrogens is 182 g/mol. The maximum absolute atomic E-state index is 9.63. The first-order valence-electron chi connectivity index (χ1n) is 4.22. The molecule has 0 radical (unpaired) electrons. The van der Waals surface area contributed by atoms with Crippen LogP contribution in [0.15, 0.2) is 29.2 Å². The molecule has 1 aromatic rings. The maximum atomic E-state index is 9.63. The fourth-order valence-electron chi connectivity index (χ4n) is 1.10. The smallest absolute Gasteiger partial charge is 0.0938 e. The number of thioether (sulfide) groups is 1. The van der Waals surface area contributed by atoms with Crippen molar-refractivity contribution in [2.45, 2.75) is 24.0 Å². The molecule has 0 spiro atoms. The van der Waals surface area contributed by atoms with Crippen molar-refractivity contribution in [3.8, 4) is 0 Å². The molecule has 0 aliphatic carbocycles. The second-order valence-electron chi connectivity index (χ2n) is 3.08. The number of hydrogen-bond acceptors (Lipinski definition) is 3. The molecule has 0 saturated heterocycles. The van der Waals surface area contributed by atoms with Gasteiger partial charge in [0.25, 0.3) is 0 Å². The van der Waals surface area contributed by atoms with Gasteiger partial charge >= 0.3 is 0 Å². The second-order valence-corrected chi connectivity index (χ2v) is 3.96. The van der Waals surface area contributed by atoms with Gasteiger partial charge < -0.3 is 10.8 Å². The van der Waals surface area contributed by atoms with Gasteiger partial charge in [0.15, 0.2) is 0 Å². The van der Waals surface area contributed by atoms with Crippen LogP contribution < -0.4 is 5.73 Å². The van der Waals surface area contributed by atoms with Gasteiger partial charge in [-0.25, -0.2) is 0 Å². The van der Waals surface area contributed by atoms with Gasteiger partial charge in [0.1, 0.15) is 0 Å². The van der Waals surface area contributed by atoms with Gasteiger partial charge in [0.05, 0.1) is 6.10 Å². The van der Waals surface area contributed by atoms with Crippen LogP contribution in [0.1, 0.15) is 18.6 Å². The molecule has 0 fully saturated rings. The second kappa shape index (κ2) is 4.65. The zero-order valence-electron chi connectivity index (χ0n) is 7.90.